The minimum absolute atomic E-state index is 0. The van der Waals surface area contributed by atoms with E-state index in [1.807, 2.05) is 0 Å². The fourth-order valence-electron chi connectivity index (χ4n) is 2.58. The summed E-state index contributed by atoms with van der Waals surface area (Å²) < 4.78 is 24.4. The zero-order chi connectivity index (χ0) is 14.5. The molecule has 2 unspecified atom stereocenters. The Morgan fingerprint density at radius 3 is 2.25 bits per heavy atom. The van der Waals surface area contributed by atoms with Crippen molar-refractivity contribution in [1.82, 2.24) is 14.9 Å². The maximum atomic E-state index is 11.0. The highest BCUT2D eigenvalue weighted by Gasteiger charge is 2.23. The fraction of sp³-hybridized carbons (Fsp3) is 0.917. The predicted molar refractivity (Wildman–Crippen MR) is 94.1 cm³/mol. The summed E-state index contributed by atoms with van der Waals surface area (Å²) >= 11 is 0. The summed E-state index contributed by atoms with van der Waals surface area (Å²) in [6.07, 6.45) is 2.42. The van der Waals surface area contributed by atoms with E-state index in [1.165, 1.54) is 6.42 Å². The van der Waals surface area contributed by atoms with Crippen LogP contribution in [0, 0.1) is 11.8 Å². The molecule has 0 aromatic carbocycles. The highest BCUT2D eigenvalue weighted by atomic mass is 127. The van der Waals surface area contributed by atoms with Gasteiger partial charge in [0.25, 0.3) is 0 Å². The van der Waals surface area contributed by atoms with Gasteiger partial charge in [-0.15, -0.1) is 24.0 Å². The second-order valence-corrected chi connectivity index (χ2v) is 7.32. The summed E-state index contributed by atoms with van der Waals surface area (Å²) in [4.78, 5) is 6.52. The number of piperidine rings is 1. The van der Waals surface area contributed by atoms with Gasteiger partial charge in [-0.1, -0.05) is 13.8 Å². The van der Waals surface area contributed by atoms with Crippen LogP contribution in [0.25, 0.3) is 0 Å². The van der Waals surface area contributed by atoms with Crippen LogP contribution in [0.1, 0.15) is 20.3 Å². The molecule has 2 atom stereocenters. The predicted octanol–water partition coefficient (Wildman–Crippen LogP) is 0.707. The molecule has 0 aromatic rings. The van der Waals surface area contributed by atoms with Crippen molar-refractivity contribution in [3.8, 4) is 0 Å². The van der Waals surface area contributed by atoms with E-state index in [2.05, 4.69) is 33.8 Å². The largest absolute Gasteiger partial charge is 0.355 e. The average molecular weight is 418 g/mol. The Labute approximate surface area is 139 Å². The van der Waals surface area contributed by atoms with Gasteiger partial charge in [0.1, 0.15) is 0 Å². The van der Waals surface area contributed by atoms with Crippen molar-refractivity contribution in [2.75, 3.05) is 39.5 Å². The van der Waals surface area contributed by atoms with Gasteiger partial charge in [-0.05, 0) is 18.3 Å². The summed E-state index contributed by atoms with van der Waals surface area (Å²) in [6.45, 7) is 7.42. The molecule has 1 rings (SSSR count). The molecule has 1 aliphatic heterocycles. The molecule has 0 bridgehead atoms. The SMILES string of the molecule is CN=C(NCCNS(C)(=O)=O)N1CC(C)CC(C)C1.I. The highest BCUT2D eigenvalue weighted by Crippen LogP contribution is 2.20. The number of aliphatic imine (C=N–C) groups is 1. The lowest BCUT2D eigenvalue weighted by atomic mass is 9.92. The number of halogens is 1. The Kier molecular flexibility index (Phi) is 8.99. The first kappa shape index (κ1) is 19.9. The molecule has 8 heteroatoms. The van der Waals surface area contributed by atoms with Gasteiger partial charge in [-0.25, -0.2) is 13.1 Å². The summed E-state index contributed by atoms with van der Waals surface area (Å²) in [7, 11) is -1.35. The van der Waals surface area contributed by atoms with E-state index < -0.39 is 10.0 Å². The molecule has 6 nitrogen and oxygen atoms in total. The summed E-state index contributed by atoms with van der Waals surface area (Å²) in [5.74, 6) is 2.18. The van der Waals surface area contributed by atoms with Gasteiger partial charge in [0.15, 0.2) is 5.96 Å². The van der Waals surface area contributed by atoms with Crippen molar-refractivity contribution in [1.29, 1.82) is 0 Å². The van der Waals surface area contributed by atoms with E-state index in [0.29, 0.717) is 24.9 Å². The van der Waals surface area contributed by atoms with E-state index in [-0.39, 0.29) is 24.0 Å². The van der Waals surface area contributed by atoms with Crippen molar-refractivity contribution >= 4 is 40.0 Å². The van der Waals surface area contributed by atoms with Gasteiger partial charge in [0.2, 0.25) is 10.0 Å². The number of likely N-dealkylation sites (tertiary alicyclic amines) is 1. The Hall–Kier alpha value is -0.0900. The van der Waals surface area contributed by atoms with Crippen LogP contribution in [-0.2, 0) is 10.0 Å². The quantitative estimate of drug-likeness (QED) is 0.305. The Bertz CT molecular complexity index is 404. The lowest BCUT2D eigenvalue weighted by Gasteiger charge is -2.37. The van der Waals surface area contributed by atoms with Gasteiger partial charge >= 0.3 is 0 Å². The molecule has 0 saturated carbocycles. The van der Waals surface area contributed by atoms with E-state index in [1.54, 1.807) is 7.05 Å². The highest BCUT2D eigenvalue weighted by molar-refractivity contribution is 14.0. The van der Waals surface area contributed by atoms with Crippen LogP contribution in [0.2, 0.25) is 0 Å². The van der Waals surface area contributed by atoms with Crippen LogP contribution < -0.4 is 10.0 Å². The third-order valence-electron chi connectivity index (χ3n) is 3.15. The van der Waals surface area contributed by atoms with Gasteiger partial charge in [0, 0.05) is 33.2 Å². The molecule has 0 aromatic heterocycles. The molecule has 2 N–H and O–H groups in total. The van der Waals surface area contributed by atoms with Crippen molar-refractivity contribution < 1.29 is 8.42 Å². The maximum Gasteiger partial charge on any atom is 0.208 e. The summed E-state index contributed by atoms with van der Waals surface area (Å²) in [6, 6.07) is 0. The third kappa shape index (κ3) is 7.63. The molecule has 0 aliphatic carbocycles. The first-order valence-electron chi connectivity index (χ1n) is 6.72. The molecular weight excluding hydrogens is 391 g/mol. The lowest BCUT2D eigenvalue weighted by Crippen LogP contribution is -2.49. The maximum absolute atomic E-state index is 11.0. The monoisotopic (exact) mass is 418 g/mol. The van der Waals surface area contributed by atoms with Crippen LogP contribution >= 0.6 is 24.0 Å². The number of rotatable bonds is 4. The number of nitrogens with zero attached hydrogens (tertiary/aromatic N) is 2. The topological polar surface area (TPSA) is 73.8 Å². The van der Waals surface area contributed by atoms with Crippen molar-refractivity contribution in [3.05, 3.63) is 0 Å². The second kappa shape index (κ2) is 9.04. The zero-order valence-corrected chi connectivity index (χ0v) is 15.9. The van der Waals surface area contributed by atoms with Crippen molar-refractivity contribution in [2.45, 2.75) is 20.3 Å². The first-order valence-corrected chi connectivity index (χ1v) is 8.61. The van der Waals surface area contributed by atoms with E-state index in [9.17, 15) is 8.42 Å². The summed E-state index contributed by atoms with van der Waals surface area (Å²) in [5, 5.41) is 3.20. The zero-order valence-electron chi connectivity index (χ0n) is 12.7. The molecule has 1 saturated heterocycles. The normalized spacial score (nSPS) is 24.2. The Morgan fingerprint density at radius 1 is 1.25 bits per heavy atom. The average Bonchev–Trinajstić information content (AvgIpc) is 2.26. The lowest BCUT2D eigenvalue weighted by molar-refractivity contribution is 0.208. The molecule has 120 valence electrons. The van der Waals surface area contributed by atoms with Crippen molar-refractivity contribution in [2.24, 2.45) is 16.8 Å². The molecular formula is C12H27IN4O2S. The van der Waals surface area contributed by atoms with Gasteiger partial charge in [0.05, 0.1) is 6.26 Å². The van der Waals surface area contributed by atoms with E-state index >= 15 is 0 Å². The van der Waals surface area contributed by atoms with E-state index in [4.69, 9.17) is 0 Å². The minimum atomic E-state index is -3.11. The minimum Gasteiger partial charge on any atom is -0.355 e. The number of hydrogen-bond acceptors (Lipinski definition) is 3. The van der Waals surface area contributed by atoms with Crippen LogP contribution in [0.3, 0.4) is 0 Å². The molecule has 1 heterocycles. The Balaban J connectivity index is 0.00000361. The smallest absolute Gasteiger partial charge is 0.208 e. The van der Waals surface area contributed by atoms with Crippen LogP contribution in [-0.4, -0.2) is 58.8 Å². The number of guanidine groups is 1. The molecule has 1 aliphatic rings. The summed E-state index contributed by atoms with van der Waals surface area (Å²) in [5.41, 5.74) is 0. The van der Waals surface area contributed by atoms with Crippen molar-refractivity contribution in [3.63, 3.8) is 0 Å². The van der Waals surface area contributed by atoms with Crippen LogP contribution in [0.5, 0.6) is 0 Å². The van der Waals surface area contributed by atoms with E-state index in [0.717, 1.165) is 25.3 Å². The number of hydrogen-bond donors (Lipinski definition) is 2. The Morgan fingerprint density at radius 2 is 1.80 bits per heavy atom. The number of nitrogens with one attached hydrogen (secondary N) is 2. The van der Waals surface area contributed by atoms with Gasteiger partial charge < -0.3 is 10.2 Å². The van der Waals surface area contributed by atoms with Gasteiger partial charge in [-0.3, -0.25) is 4.99 Å². The second-order valence-electron chi connectivity index (χ2n) is 5.49. The van der Waals surface area contributed by atoms with Gasteiger partial charge in [-0.2, -0.15) is 0 Å². The fourth-order valence-corrected chi connectivity index (χ4v) is 3.05. The molecule has 1 fully saturated rings. The first-order chi connectivity index (χ1) is 8.81. The molecule has 20 heavy (non-hydrogen) atoms. The van der Waals surface area contributed by atoms with Crippen LogP contribution in [0.4, 0.5) is 0 Å². The van der Waals surface area contributed by atoms with Crippen LogP contribution in [0.15, 0.2) is 4.99 Å². The molecule has 0 amide bonds. The number of sulfonamides is 1. The third-order valence-corrected chi connectivity index (χ3v) is 3.88. The molecule has 0 radical (unpaired) electrons. The standard InChI is InChI=1S/C12H26N4O2S.HI/c1-10-7-11(2)9-16(8-10)12(13-3)14-5-6-15-19(4,17)18;/h10-11,15H,5-9H2,1-4H3,(H,13,14);1H. The molecule has 0 spiro atoms.